The molecule has 0 amide bonds. The van der Waals surface area contributed by atoms with Crippen LogP contribution in [0.2, 0.25) is 0 Å². The van der Waals surface area contributed by atoms with Crippen molar-refractivity contribution in [1.82, 2.24) is 0 Å². The molecule has 29 heavy (non-hydrogen) atoms. The third-order valence-corrected chi connectivity index (χ3v) is 3.23. The number of allylic oxidation sites excluding steroid dienone is 5. The van der Waals surface area contributed by atoms with E-state index in [0.29, 0.717) is 0 Å². The number of hydrogen-bond donors (Lipinski definition) is 0. The minimum atomic E-state index is 0. The maximum absolute atomic E-state index is 11.7. The molecule has 0 spiro atoms. The molecule has 0 bridgehead atoms. The van der Waals surface area contributed by atoms with Crippen LogP contribution in [0.3, 0.4) is 0 Å². The van der Waals surface area contributed by atoms with Gasteiger partial charge in [-0.05, 0) is 49.5 Å². The van der Waals surface area contributed by atoms with Crippen molar-refractivity contribution in [2.45, 2.75) is 0 Å². The van der Waals surface area contributed by atoms with E-state index in [-0.39, 0.29) is 25.9 Å². The first-order valence-corrected chi connectivity index (χ1v) is 7.83. The van der Waals surface area contributed by atoms with E-state index in [9.17, 15) is 4.79 Å². The quantitative estimate of drug-likeness (QED) is 0.273. The van der Waals surface area contributed by atoms with E-state index in [0.717, 1.165) is 11.5 Å². The van der Waals surface area contributed by atoms with E-state index < -0.39 is 0 Å². The van der Waals surface area contributed by atoms with Gasteiger partial charge in [-0.2, -0.15) is 0 Å². The Morgan fingerprint density at radius 2 is 1.31 bits per heavy atom. The molecule has 0 aliphatic heterocycles. The molecule has 0 unspecified atom stereocenters. The molecular weight excluding hydrogens is 453 g/mol. The predicted molar refractivity (Wildman–Crippen MR) is 105 cm³/mol. The number of ketones is 1. The summed E-state index contributed by atoms with van der Waals surface area (Å²) in [6.45, 7) is 13.5. The molecule has 6 heteroatoms. The molecule has 1 fully saturated rings. The van der Waals surface area contributed by atoms with E-state index in [4.69, 9.17) is 14.0 Å². The Balaban J connectivity index is -0.000000883. The Labute approximate surface area is 187 Å². The summed E-state index contributed by atoms with van der Waals surface area (Å²) in [7, 11) is 4.05. The van der Waals surface area contributed by atoms with E-state index >= 15 is 0 Å². The van der Waals surface area contributed by atoms with Gasteiger partial charge in [-0.15, -0.1) is 0 Å². The molecular formula is C23H20NO4Tc+7. The Hall–Kier alpha value is -2.22. The van der Waals surface area contributed by atoms with Gasteiger partial charge in [0, 0.05) is 19.8 Å². The molecule has 5 nitrogen and oxygen atoms in total. The van der Waals surface area contributed by atoms with Crippen LogP contribution < -0.4 is 4.90 Å². The van der Waals surface area contributed by atoms with Gasteiger partial charge in [0.1, 0.15) is 0 Å². The monoisotopic (exact) mass is 473 g/mol. The number of hydrogen-bond acceptors (Lipinski definition) is 2. The number of anilines is 1. The number of benzene rings is 1. The van der Waals surface area contributed by atoms with E-state index in [1.165, 1.54) is 5.69 Å². The second-order valence-corrected chi connectivity index (χ2v) is 5.13. The standard InChI is InChI=1S/C20H20NO.3CO.Tc/c1-21(2)19-15-13-17(14-16-19)9-5-3-4-6-12-20(22)18-10-7-8-11-18;3*1-2;/h3-16H,1-2H3;;;;/q;;;;+7/b4-3+,9-5+,12-6+;;;;/i;;;;1+1. The van der Waals surface area contributed by atoms with Crippen molar-refractivity contribution in [2.24, 2.45) is 0 Å². The summed E-state index contributed by atoms with van der Waals surface area (Å²) in [5.74, 6) is 0.749. The zero-order chi connectivity index (χ0) is 21.8. The van der Waals surface area contributed by atoms with Gasteiger partial charge >= 0.3 is 54.0 Å². The van der Waals surface area contributed by atoms with Gasteiger partial charge < -0.3 is 4.90 Å². The molecule has 1 aliphatic carbocycles. The molecule has 0 N–H and O–H groups in total. The van der Waals surface area contributed by atoms with Crippen LogP contribution in [-0.2, 0) is 38.9 Å². The zero-order valence-corrected chi connectivity index (χ0v) is 17.9. The van der Waals surface area contributed by atoms with Crippen LogP contribution in [0, 0.1) is 51.6 Å². The summed E-state index contributed by atoms with van der Waals surface area (Å²) >= 11 is 0. The van der Waals surface area contributed by atoms with Crippen LogP contribution in [0.4, 0.5) is 5.69 Å². The van der Waals surface area contributed by atoms with Crippen LogP contribution >= 0.6 is 0 Å². The normalized spacial score (nSPS) is 12.6. The number of carbonyl (C=O) groups is 1. The molecule has 0 heterocycles. The Morgan fingerprint density at radius 3 is 1.79 bits per heavy atom. The number of nitrogens with zero attached hydrogens (tertiary/aromatic N) is 1. The molecule has 2 rings (SSSR count). The molecule has 1 aromatic rings. The molecule has 1 aromatic carbocycles. The van der Waals surface area contributed by atoms with Crippen molar-refractivity contribution in [1.29, 1.82) is 0 Å². The molecule has 0 saturated heterocycles. The Morgan fingerprint density at radius 1 is 0.828 bits per heavy atom. The second-order valence-electron chi connectivity index (χ2n) is 5.13. The fourth-order valence-corrected chi connectivity index (χ4v) is 1.96. The van der Waals surface area contributed by atoms with E-state index in [1.807, 2.05) is 64.1 Å². The molecule has 1 saturated carbocycles. The number of carbonyl (C=O) groups excluding carboxylic acids is 1. The molecule has 0 atom stereocenters. The fraction of sp³-hybridized carbons (Fsp3) is 0.0870. The molecule has 0 aromatic heterocycles. The summed E-state index contributed by atoms with van der Waals surface area (Å²) in [6, 6.07) is 8.33. The molecule has 1 aliphatic rings. The van der Waals surface area contributed by atoms with Gasteiger partial charge in [0.15, 0.2) is 5.78 Å². The van der Waals surface area contributed by atoms with Crippen molar-refractivity contribution >= 4 is 17.5 Å². The van der Waals surface area contributed by atoms with E-state index in [1.54, 1.807) is 12.2 Å². The van der Waals surface area contributed by atoms with Crippen molar-refractivity contribution in [2.75, 3.05) is 19.0 Å². The first-order chi connectivity index (χ1) is 13.7. The molecule has 5 radical (unpaired) electrons. The summed E-state index contributed by atoms with van der Waals surface area (Å²) in [4.78, 5) is 13.8. The van der Waals surface area contributed by atoms with Gasteiger partial charge in [-0.1, -0.05) is 42.5 Å². The SMILES string of the molecule is CN(C)c1ccc(/C=C/C=C/C=C/C(=O)[C]2[CH][CH][CH][CH]2)cc1.[99Tc+7].[C-]#[O+].[C-]#[O+].[C-]#[O+]. The third kappa shape index (κ3) is 14.4. The summed E-state index contributed by atoms with van der Waals surface area (Å²) < 4.78 is 22.5. The summed E-state index contributed by atoms with van der Waals surface area (Å²) in [6.07, 6.45) is 18.4. The fourth-order valence-electron chi connectivity index (χ4n) is 1.96. The molecule has 141 valence electrons. The van der Waals surface area contributed by atoms with Crippen LogP contribution in [0.15, 0.2) is 54.6 Å². The minimum absolute atomic E-state index is 0. The van der Waals surface area contributed by atoms with Gasteiger partial charge in [-0.3, -0.25) is 4.79 Å². The van der Waals surface area contributed by atoms with Gasteiger partial charge in [-0.25, -0.2) is 0 Å². The van der Waals surface area contributed by atoms with Crippen LogP contribution in [-0.4, -0.2) is 19.9 Å². The van der Waals surface area contributed by atoms with Gasteiger partial charge in [0.2, 0.25) is 0 Å². The second kappa shape index (κ2) is 22.1. The van der Waals surface area contributed by atoms with Crippen molar-refractivity contribution in [3.8, 4) is 0 Å². The first kappa shape index (κ1) is 31.5. The topological polar surface area (TPSA) is 80.0 Å². The Bertz CT molecular complexity index is 678. The zero-order valence-electron chi connectivity index (χ0n) is 16.0. The Kier molecular flexibility index (Phi) is 24.0. The number of rotatable bonds is 6. The van der Waals surface area contributed by atoms with Crippen LogP contribution in [0.1, 0.15) is 5.56 Å². The summed E-state index contributed by atoms with van der Waals surface area (Å²) in [5, 5.41) is 0. The van der Waals surface area contributed by atoms with Crippen LogP contribution in [0.25, 0.3) is 6.08 Å². The van der Waals surface area contributed by atoms with Gasteiger partial charge in [0.25, 0.3) is 0 Å². The van der Waals surface area contributed by atoms with Gasteiger partial charge in [0.05, 0.1) is 5.92 Å². The van der Waals surface area contributed by atoms with Crippen molar-refractivity contribution in [3.63, 3.8) is 0 Å². The summed E-state index contributed by atoms with van der Waals surface area (Å²) in [5.41, 5.74) is 2.33. The average Bonchev–Trinajstić information content (AvgIpc) is 3.30. The van der Waals surface area contributed by atoms with Crippen molar-refractivity contribution in [3.05, 3.63) is 112 Å². The predicted octanol–water partition coefficient (Wildman–Crippen LogP) is 3.74. The first-order valence-electron chi connectivity index (χ1n) is 7.83. The third-order valence-electron chi connectivity index (χ3n) is 3.23. The van der Waals surface area contributed by atoms with Crippen LogP contribution in [0.5, 0.6) is 0 Å². The average molecular weight is 473 g/mol. The van der Waals surface area contributed by atoms with E-state index in [2.05, 4.69) is 49.1 Å². The van der Waals surface area contributed by atoms with Crippen molar-refractivity contribution < 1.29 is 38.9 Å². The maximum atomic E-state index is 11.7.